The Hall–Kier alpha value is -3.04. The second kappa shape index (κ2) is 7.58. The zero-order chi connectivity index (χ0) is 22.4. The van der Waals surface area contributed by atoms with Gasteiger partial charge in [-0.3, -0.25) is 0 Å². The van der Waals surface area contributed by atoms with Gasteiger partial charge in [0, 0.05) is 44.3 Å². The third kappa shape index (κ3) is 4.38. The fourth-order valence-corrected chi connectivity index (χ4v) is 3.85. The smallest absolute Gasteiger partial charge is 0.416 e. The number of rotatable bonds is 1. The highest BCUT2D eigenvalue weighted by atomic mass is 19.4. The lowest BCUT2D eigenvalue weighted by Gasteiger charge is -2.48. The number of nitrogens with zero attached hydrogens (tertiary/aromatic N) is 5. The molecule has 0 saturated carbocycles. The first kappa shape index (κ1) is 21.2. The summed E-state index contributed by atoms with van der Waals surface area (Å²) in [6.07, 6.45) is -1.62. The van der Waals surface area contributed by atoms with Crippen molar-refractivity contribution in [3.63, 3.8) is 0 Å². The number of anilines is 3. The third-order valence-corrected chi connectivity index (χ3v) is 5.22. The number of ether oxygens (including phenoxy) is 1. The summed E-state index contributed by atoms with van der Waals surface area (Å²) in [6, 6.07) is 4.89. The van der Waals surface area contributed by atoms with Crippen LogP contribution < -0.4 is 9.80 Å². The average Bonchev–Trinajstić information content (AvgIpc) is 2.71. The monoisotopic (exact) mass is 435 g/mol. The van der Waals surface area contributed by atoms with Gasteiger partial charge in [0.15, 0.2) is 11.6 Å². The van der Waals surface area contributed by atoms with Crippen LogP contribution in [0, 0.1) is 0 Å². The predicted octanol–water partition coefficient (Wildman–Crippen LogP) is 4.07. The van der Waals surface area contributed by atoms with Gasteiger partial charge in [-0.15, -0.1) is 0 Å². The molecule has 4 rings (SSSR count). The van der Waals surface area contributed by atoms with Gasteiger partial charge in [-0.05, 0) is 45.0 Å². The SMILES string of the molecule is CC(C)(C)OC(=O)N1CCN2c3nccnc3N(c3ccc(C(F)(F)F)cc3)CC2C1. The number of hydrogen-bond donors (Lipinski definition) is 0. The quantitative estimate of drug-likeness (QED) is 0.673. The molecule has 10 heteroatoms. The van der Waals surface area contributed by atoms with E-state index >= 15 is 0 Å². The molecule has 2 aromatic rings. The van der Waals surface area contributed by atoms with Crippen LogP contribution in [0.15, 0.2) is 36.7 Å². The van der Waals surface area contributed by atoms with Crippen LogP contribution in [0.3, 0.4) is 0 Å². The molecule has 3 heterocycles. The summed E-state index contributed by atoms with van der Waals surface area (Å²) in [6.45, 7) is 7.39. The van der Waals surface area contributed by atoms with Crippen molar-refractivity contribution in [2.75, 3.05) is 36.0 Å². The van der Waals surface area contributed by atoms with Crippen LogP contribution >= 0.6 is 0 Å². The van der Waals surface area contributed by atoms with Gasteiger partial charge in [0.05, 0.1) is 11.6 Å². The lowest BCUT2D eigenvalue weighted by Crippen LogP contribution is -2.61. The van der Waals surface area contributed by atoms with E-state index in [4.69, 9.17) is 4.74 Å². The number of piperazine rings is 1. The molecule has 1 saturated heterocycles. The Labute approximate surface area is 178 Å². The number of carbonyl (C=O) groups is 1. The van der Waals surface area contributed by atoms with E-state index in [2.05, 4.69) is 14.9 Å². The normalized spacial score (nSPS) is 19.0. The predicted molar refractivity (Wildman–Crippen MR) is 109 cm³/mol. The highest BCUT2D eigenvalue weighted by Crippen LogP contribution is 2.39. The molecule has 1 amide bonds. The van der Waals surface area contributed by atoms with Crippen molar-refractivity contribution in [3.05, 3.63) is 42.2 Å². The molecule has 0 aliphatic carbocycles. The lowest BCUT2D eigenvalue weighted by molar-refractivity contribution is -0.137. The van der Waals surface area contributed by atoms with Crippen LogP contribution in [0.5, 0.6) is 0 Å². The minimum Gasteiger partial charge on any atom is -0.444 e. The third-order valence-electron chi connectivity index (χ3n) is 5.22. The van der Waals surface area contributed by atoms with Crippen molar-refractivity contribution in [3.8, 4) is 0 Å². The molecular formula is C21H24F3N5O2. The Kier molecular flexibility index (Phi) is 5.18. The van der Waals surface area contributed by atoms with Gasteiger partial charge in [-0.25, -0.2) is 14.8 Å². The van der Waals surface area contributed by atoms with E-state index in [1.807, 2.05) is 25.7 Å². The Balaban J connectivity index is 1.61. The van der Waals surface area contributed by atoms with Crippen molar-refractivity contribution < 1.29 is 22.7 Å². The van der Waals surface area contributed by atoms with Crippen molar-refractivity contribution in [2.45, 2.75) is 38.6 Å². The van der Waals surface area contributed by atoms with E-state index in [1.54, 1.807) is 17.3 Å². The van der Waals surface area contributed by atoms with Crippen LogP contribution in [0.2, 0.25) is 0 Å². The molecule has 2 aliphatic rings. The van der Waals surface area contributed by atoms with E-state index in [-0.39, 0.29) is 12.1 Å². The summed E-state index contributed by atoms with van der Waals surface area (Å²) in [5, 5.41) is 0. The van der Waals surface area contributed by atoms with E-state index in [0.717, 1.165) is 12.1 Å². The largest absolute Gasteiger partial charge is 0.444 e. The Morgan fingerprint density at radius 2 is 1.65 bits per heavy atom. The zero-order valence-electron chi connectivity index (χ0n) is 17.6. The summed E-state index contributed by atoms with van der Waals surface area (Å²) in [4.78, 5) is 27.1. The van der Waals surface area contributed by atoms with Gasteiger partial charge in [0.2, 0.25) is 0 Å². The van der Waals surface area contributed by atoms with Gasteiger partial charge in [-0.2, -0.15) is 13.2 Å². The van der Waals surface area contributed by atoms with Crippen molar-refractivity contribution in [2.24, 2.45) is 0 Å². The Morgan fingerprint density at radius 3 is 2.26 bits per heavy atom. The molecule has 31 heavy (non-hydrogen) atoms. The summed E-state index contributed by atoms with van der Waals surface area (Å²) in [7, 11) is 0. The summed E-state index contributed by atoms with van der Waals surface area (Å²) < 4.78 is 44.4. The maximum Gasteiger partial charge on any atom is 0.416 e. The van der Waals surface area contributed by atoms with E-state index < -0.39 is 17.3 Å². The molecule has 2 aliphatic heterocycles. The molecule has 0 radical (unpaired) electrons. The fraction of sp³-hybridized carbons (Fsp3) is 0.476. The molecule has 0 bridgehead atoms. The van der Waals surface area contributed by atoms with Crippen molar-refractivity contribution in [1.82, 2.24) is 14.9 Å². The van der Waals surface area contributed by atoms with Gasteiger partial charge in [-0.1, -0.05) is 0 Å². The van der Waals surface area contributed by atoms with Gasteiger partial charge in [0.1, 0.15) is 5.60 Å². The van der Waals surface area contributed by atoms with Crippen LogP contribution in [0.4, 0.5) is 35.3 Å². The van der Waals surface area contributed by atoms with Crippen LogP contribution in [0.1, 0.15) is 26.3 Å². The first-order valence-electron chi connectivity index (χ1n) is 10.0. The van der Waals surface area contributed by atoms with Gasteiger partial charge < -0.3 is 19.4 Å². The molecule has 166 valence electrons. The minimum absolute atomic E-state index is 0.104. The average molecular weight is 435 g/mol. The number of carbonyl (C=O) groups excluding carboxylic acids is 1. The first-order valence-corrected chi connectivity index (χ1v) is 10.0. The highest BCUT2D eigenvalue weighted by Gasteiger charge is 2.39. The van der Waals surface area contributed by atoms with Gasteiger partial charge >= 0.3 is 12.3 Å². The van der Waals surface area contributed by atoms with Gasteiger partial charge in [0.25, 0.3) is 0 Å². The van der Waals surface area contributed by atoms with Crippen LogP contribution in [0.25, 0.3) is 0 Å². The molecule has 1 unspecified atom stereocenters. The molecule has 1 aromatic carbocycles. The number of benzene rings is 1. The van der Waals surface area contributed by atoms with E-state index in [9.17, 15) is 18.0 Å². The molecule has 0 N–H and O–H groups in total. The second-order valence-electron chi connectivity index (χ2n) is 8.63. The second-order valence-corrected chi connectivity index (χ2v) is 8.63. The Bertz CT molecular complexity index is 959. The number of alkyl halides is 3. The first-order chi connectivity index (χ1) is 14.5. The van der Waals surface area contributed by atoms with Crippen LogP contribution in [-0.2, 0) is 10.9 Å². The molecule has 1 atom stereocenters. The number of halogens is 3. The van der Waals surface area contributed by atoms with Crippen molar-refractivity contribution >= 4 is 23.4 Å². The summed E-state index contributed by atoms with van der Waals surface area (Å²) in [5.74, 6) is 1.24. The summed E-state index contributed by atoms with van der Waals surface area (Å²) >= 11 is 0. The fourth-order valence-electron chi connectivity index (χ4n) is 3.85. The zero-order valence-corrected chi connectivity index (χ0v) is 17.6. The highest BCUT2D eigenvalue weighted by molar-refractivity contribution is 5.75. The lowest BCUT2D eigenvalue weighted by atomic mass is 10.1. The molecule has 0 spiro atoms. The number of hydrogen-bond acceptors (Lipinski definition) is 6. The molecule has 7 nitrogen and oxygen atoms in total. The van der Waals surface area contributed by atoms with Crippen molar-refractivity contribution in [1.29, 1.82) is 0 Å². The van der Waals surface area contributed by atoms with Crippen LogP contribution in [-0.4, -0.2) is 58.8 Å². The summed E-state index contributed by atoms with van der Waals surface area (Å²) in [5.41, 5.74) is -0.711. The minimum atomic E-state index is -4.40. The standard InChI is InChI=1S/C21H24F3N5O2/c1-20(2,3)31-19(30)27-10-11-28-16(12-27)13-29(18-17(28)25-8-9-26-18)15-6-4-14(5-7-15)21(22,23)24/h4-9,16H,10-13H2,1-3H3. The molecular weight excluding hydrogens is 411 g/mol. The van der Waals surface area contributed by atoms with E-state index in [1.165, 1.54) is 12.1 Å². The number of fused-ring (bicyclic) bond motifs is 3. The number of amides is 1. The molecule has 1 aromatic heterocycles. The maximum absolute atomic E-state index is 13.0. The Morgan fingerprint density at radius 1 is 1.00 bits per heavy atom. The van der Waals surface area contributed by atoms with E-state index in [0.29, 0.717) is 43.5 Å². The maximum atomic E-state index is 13.0. The number of aromatic nitrogens is 2. The topological polar surface area (TPSA) is 61.8 Å². The molecule has 1 fully saturated rings.